The number of rotatable bonds is 3. The van der Waals surface area contributed by atoms with Crippen LogP contribution in [0.15, 0.2) is 30.3 Å². The maximum atomic E-state index is 12.8. The fraction of sp³-hybridized carbons (Fsp3) is 0.476. The molecular formula is C21H27N5O2. The number of amides is 1. The lowest BCUT2D eigenvalue weighted by atomic mass is 10.1. The van der Waals surface area contributed by atoms with Crippen molar-refractivity contribution in [1.29, 1.82) is 0 Å². The molecule has 7 heteroatoms. The molecule has 2 aliphatic heterocycles. The molecule has 148 valence electrons. The first-order valence-electron chi connectivity index (χ1n) is 9.90. The number of piperazine rings is 1. The zero-order valence-corrected chi connectivity index (χ0v) is 16.6. The quantitative estimate of drug-likeness (QED) is 0.809. The molecule has 2 fully saturated rings. The molecule has 0 unspecified atom stereocenters. The Bertz CT molecular complexity index is 842. The van der Waals surface area contributed by atoms with Gasteiger partial charge in [0.05, 0.1) is 13.2 Å². The summed E-state index contributed by atoms with van der Waals surface area (Å²) in [5.74, 6) is 1.83. The van der Waals surface area contributed by atoms with Crippen molar-refractivity contribution in [3.05, 3.63) is 47.2 Å². The van der Waals surface area contributed by atoms with Crippen LogP contribution in [0.5, 0.6) is 0 Å². The summed E-state index contributed by atoms with van der Waals surface area (Å²) in [7, 11) is 0. The number of nitrogens with zero attached hydrogens (tertiary/aromatic N) is 5. The third kappa shape index (κ3) is 3.94. The molecule has 7 nitrogen and oxygen atoms in total. The van der Waals surface area contributed by atoms with Gasteiger partial charge in [0.1, 0.15) is 5.82 Å². The van der Waals surface area contributed by atoms with Crippen LogP contribution < -0.4 is 9.80 Å². The maximum absolute atomic E-state index is 12.8. The highest BCUT2D eigenvalue weighted by molar-refractivity contribution is 5.95. The Morgan fingerprint density at radius 1 is 0.929 bits per heavy atom. The first-order chi connectivity index (χ1) is 13.6. The van der Waals surface area contributed by atoms with Gasteiger partial charge in [-0.2, -0.15) is 4.98 Å². The Labute approximate surface area is 165 Å². The highest BCUT2D eigenvalue weighted by Gasteiger charge is 2.25. The number of morpholine rings is 1. The Kier molecular flexibility index (Phi) is 5.43. The van der Waals surface area contributed by atoms with Crippen molar-refractivity contribution in [2.75, 3.05) is 62.3 Å². The van der Waals surface area contributed by atoms with Crippen molar-refractivity contribution in [1.82, 2.24) is 14.9 Å². The van der Waals surface area contributed by atoms with Crippen LogP contribution in [0.3, 0.4) is 0 Å². The molecule has 4 rings (SSSR count). The highest BCUT2D eigenvalue weighted by atomic mass is 16.5. The van der Waals surface area contributed by atoms with Gasteiger partial charge in [0.25, 0.3) is 5.91 Å². The zero-order chi connectivity index (χ0) is 19.5. The average molecular weight is 381 g/mol. The van der Waals surface area contributed by atoms with E-state index in [-0.39, 0.29) is 5.91 Å². The van der Waals surface area contributed by atoms with E-state index < -0.39 is 0 Å². The van der Waals surface area contributed by atoms with Gasteiger partial charge in [-0.1, -0.05) is 18.2 Å². The third-order valence-electron chi connectivity index (χ3n) is 5.39. The summed E-state index contributed by atoms with van der Waals surface area (Å²) in [6.45, 7) is 10.0. The summed E-state index contributed by atoms with van der Waals surface area (Å²) in [5, 5.41) is 0. The number of ether oxygens (including phenoxy) is 1. The Hall–Kier alpha value is -2.67. The molecule has 2 aliphatic rings. The standard InChI is InChI=1S/C21H27N5O2/c1-16-5-3-4-6-18(16)20(27)25-9-7-24(8-10-25)19-15-17(2)22-21(23-19)26-11-13-28-14-12-26/h3-6,15H,7-14H2,1-2H3. The van der Waals surface area contributed by atoms with Gasteiger partial charge in [-0.25, -0.2) is 4.98 Å². The number of anilines is 2. The van der Waals surface area contributed by atoms with E-state index in [2.05, 4.69) is 14.8 Å². The molecular weight excluding hydrogens is 354 g/mol. The smallest absolute Gasteiger partial charge is 0.254 e. The Morgan fingerprint density at radius 2 is 1.64 bits per heavy atom. The summed E-state index contributed by atoms with van der Waals surface area (Å²) >= 11 is 0. The second-order valence-electron chi connectivity index (χ2n) is 7.36. The second kappa shape index (κ2) is 8.14. The van der Waals surface area contributed by atoms with E-state index in [1.165, 1.54) is 0 Å². The molecule has 0 radical (unpaired) electrons. The summed E-state index contributed by atoms with van der Waals surface area (Å²) in [5.41, 5.74) is 2.78. The summed E-state index contributed by atoms with van der Waals surface area (Å²) < 4.78 is 5.43. The van der Waals surface area contributed by atoms with Gasteiger partial charge in [0.2, 0.25) is 5.95 Å². The van der Waals surface area contributed by atoms with Gasteiger partial charge in [-0.15, -0.1) is 0 Å². The molecule has 28 heavy (non-hydrogen) atoms. The second-order valence-corrected chi connectivity index (χ2v) is 7.36. The number of hydrogen-bond acceptors (Lipinski definition) is 6. The van der Waals surface area contributed by atoms with Crippen LogP contribution in [-0.4, -0.2) is 73.3 Å². The summed E-state index contributed by atoms with van der Waals surface area (Å²) in [6.07, 6.45) is 0. The van der Waals surface area contributed by atoms with Crippen molar-refractivity contribution < 1.29 is 9.53 Å². The fourth-order valence-electron chi connectivity index (χ4n) is 3.73. The van der Waals surface area contributed by atoms with Crippen LogP contribution in [-0.2, 0) is 4.74 Å². The largest absolute Gasteiger partial charge is 0.378 e. The van der Waals surface area contributed by atoms with Crippen molar-refractivity contribution in [3.8, 4) is 0 Å². The molecule has 0 spiro atoms. The minimum Gasteiger partial charge on any atom is -0.378 e. The molecule has 2 saturated heterocycles. The summed E-state index contributed by atoms with van der Waals surface area (Å²) in [4.78, 5) is 28.6. The van der Waals surface area contributed by atoms with Crippen LogP contribution in [0.25, 0.3) is 0 Å². The molecule has 3 heterocycles. The van der Waals surface area contributed by atoms with Gasteiger partial charge in [0, 0.05) is 56.6 Å². The number of aryl methyl sites for hydroxylation is 2. The fourth-order valence-corrected chi connectivity index (χ4v) is 3.73. The summed E-state index contributed by atoms with van der Waals surface area (Å²) in [6, 6.07) is 9.82. The van der Waals surface area contributed by atoms with Crippen LogP contribution in [0.2, 0.25) is 0 Å². The van der Waals surface area contributed by atoms with Crippen LogP contribution in [0.4, 0.5) is 11.8 Å². The Morgan fingerprint density at radius 3 is 2.36 bits per heavy atom. The van der Waals surface area contributed by atoms with E-state index >= 15 is 0 Å². The van der Waals surface area contributed by atoms with Gasteiger partial charge < -0.3 is 19.4 Å². The predicted octanol–water partition coefficient (Wildman–Crippen LogP) is 1.89. The van der Waals surface area contributed by atoms with Crippen molar-refractivity contribution in [2.24, 2.45) is 0 Å². The van der Waals surface area contributed by atoms with E-state index in [0.29, 0.717) is 26.3 Å². The van der Waals surface area contributed by atoms with Gasteiger partial charge >= 0.3 is 0 Å². The lowest BCUT2D eigenvalue weighted by molar-refractivity contribution is 0.0746. The van der Waals surface area contributed by atoms with Crippen LogP contribution in [0, 0.1) is 13.8 Å². The van der Waals surface area contributed by atoms with Crippen molar-refractivity contribution in [2.45, 2.75) is 13.8 Å². The monoisotopic (exact) mass is 381 g/mol. The van der Waals surface area contributed by atoms with Crippen molar-refractivity contribution in [3.63, 3.8) is 0 Å². The van der Waals surface area contributed by atoms with E-state index in [0.717, 1.165) is 54.8 Å². The number of carbonyl (C=O) groups excluding carboxylic acids is 1. The third-order valence-corrected chi connectivity index (χ3v) is 5.39. The van der Waals surface area contributed by atoms with E-state index in [1.807, 2.05) is 49.1 Å². The minimum atomic E-state index is 0.116. The van der Waals surface area contributed by atoms with E-state index in [9.17, 15) is 4.79 Å². The molecule has 0 saturated carbocycles. The number of carbonyl (C=O) groups is 1. The van der Waals surface area contributed by atoms with E-state index in [1.54, 1.807) is 0 Å². The first kappa shape index (κ1) is 18.7. The SMILES string of the molecule is Cc1cc(N2CCN(C(=O)c3ccccc3C)CC2)nc(N2CCOCC2)n1. The Balaban J connectivity index is 1.44. The van der Waals surface area contributed by atoms with Crippen LogP contribution >= 0.6 is 0 Å². The molecule has 1 aromatic carbocycles. The number of benzene rings is 1. The zero-order valence-electron chi connectivity index (χ0n) is 16.6. The maximum Gasteiger partial charge on any atom is 0.254 e. The van der Waals surface area contributed by atoms with Gasteiger partial charge in [-0.3, -0.25) is 4.79 Å². The normalized spacial score (nSPS) is 17.7. The molecule has 0 aliphatic carbocycles. The number of aromatic nitrogens is 2. The van der Waals surface area contributed by atoms with Gasteiger partial charge in [0.15, 0.2) is 0 Å². The molecule has 0 atom stereocenters. The molecule has 0 bridgehead atoms. The van der Waals surface area contributed by atoms with E-state index in [4.69, 9.17) is 9.72 Å². The van der Waals surface area contributed by atoms with Crippen LogP contribution in [0.1, 0.15) is 21.6 Å². The first-order valence-corrected chi connectivity index (χ1v) is 9.90. The molecule has 1 amide bonds. The van der Waals surface area contributed by atoms with Crippen molar-refractivity contribution >= 4 is 17.7 Å². The highest BCUT2D eigenvalue weighted by Crippen LogP contribution is 2.21. The molecule has 2 aromatic rings. The minimum absolute atomic E-state index is 0.116. The molecule has 1 aromatic heterocycles. The topological polar surface area (TPSA) is 61.8 Å². The lowest BCUT2D eigenvalue weighted by Gasteiger charge is -2.36. The number of hydrogen-bond donors (Lipinski definition) is 0. The van der Waals surface area contributed by atoms with Gasteiger partial charge in [-0.05, 0) is 25.5 Å². The predicted molar refractivity (Wildman–Crippen MR) is 109 cm³/mol. The molecule has 0 N–H and O–H groups in total. The average Bonchev–Trinajstić information content (AvgIpc) is 2.74. The lowest BCUT2D eigenvalue weighted by Crippen LogP contribution is -2.49.